The van der Waals surface area contributed by atoms with Gasteiger partial charge in [0.05, 0.1) is 25.6 Å². The molecule has 0 spiro atoms. The van der Waals surface area contributed by atoms with Gasteiger partial charge in [0.1, 0.15) is 18.1 Å². The molecule has 2 N–H and O–H groups in total. The second-order valence-electron chi connectivity index (χ2n) is 6.24. The first-order chi connectivity index (χ1) is 14.5. The Kier molecular flexibility index (Phi) is 9.66. The average Bonchev–Trinajstić information content (AvgIpc) is 3.25. The lowest BCUT2D eigenvalue weighted by atomic mass is 10.1. The molecular formula is C21H26N2O6S. The fraction of sp³-hybridized carbons (Fsp3) is 0.381. The van der Waals surface area contributed by atoms with Crippen molar-refractivity contribution in [1.29, 1.82) is 0 Å². The van der Waals surface area contributed by atoms with Gasteiger partial charge in [0, 0.05) is 11.8 Å². The molecular weight excluding hydrogens is 408 g/mol. The van der Waals surface area contributed by atoms with E-state index >= 15 is 0 Å². The van der Waals surface area contributed by atoms with Gasteiger partial charge in [-0.05, 0) is 42.6 Å². The van der Waals surface area contributed by atoms with Crippen LogP contribution in [0.3, 0.4) is 0 Å². The largest absolute Gasteiger partial charge is 0.494 e. The normalized spacial score (nSPS) is 11.3. The highest BCUT2D eigenvalue weighted by Crippen LogP contribution is 2.22. The number of carbonyl (C=O) groups is 3. The minimum atomic E-state index is -0.567. The van der Waals surface area contributed by atoms with E-state index in [2.05, 4.69) is 10.6 Å². The van der Waals surface area contributed by atoms with E-state index in [1.807, 2.05) is 24.4 Å². The first-order valence-corrected chi connectivity index (χ1v) is 10.4. The van der Waals surface area contributed by atoms with Crippen LogP contribution in [0.2, 0.25) is 0 Å². The third kappa shape index (κ3) is 8.52. The van der Waals surface area contributed by atoms with Gasteiger partial charge in [-0.1, -0.05) is 6.07 Å². The Labute approximate surface area is 179 Å². The van der Waals surface area contributed by atoms with Gasteiger partial charge in [0.2, 0.25) is 5.91 Å². The number of ether oxygens (including phenoxy) is 3. The molecule has 1 heterocycles. The monoisotopic (exact) mass is 434 g/mol. The highest BCUT2D eigenvalue weighted by molar-refractivity contribution is 7.10. The van der Waals surface area contributed by atoms with E-state index in [-0.39, 0.29) is 32.1 Å². The number of esters is 1. The molecule has 1 atom stereocenters. The summed E-state index contributed by atoms with van der Waals surface area (Å²) in [6.07, 6.45) is -0.0474. The molecule has 8 nitrogen and oxygen atoms in total. The van der Waals surface area contributed by atoms with Crippen molar-refractivity contribution < 1.29 is 28.6 Å². The van der Waals surface area contributed by atoms with Crippen LogP contribution >= 0.6 is 11.3 Å². The van der Waals surface area contributed by atoms with Gasteiger partial charge in [-0.2, -0.15) is 0 Å². The number of carbonyl (C=O) groups excluding carboxylic acids is 3. The smallest absolute Gasteiger partial charge is 0.308 e. The zero-order valence-corrected chi connectivity index (χ0v) is 17.8. The lowest BCUT2D eigenvalue weighted by Crippen LogP contribution is -2.33. The fourth-order valence-corrected chi connectivity index (χ4v) is 3.32. The van der Waals surface area contributed by atoms with E-state index < -0.39 is 17.9 Å². The van der Waals surface area contributed by atoms with E-state index in [0.717, 1.165) is 10.6 Å². The van der Waals surface area contributed by atoms with Gasteiger partial charge in [-0.25, -0.2) is 0 Å². The predicted octanol–water partition coefficient (Wildman–Crippen LogP) is 2.45. The minimum absolute atomic E-state index is 0.0474. The van der Waals surface area contributed by atoms with Gasteiger partial charge in [0.25, 0.3) is 5.91 Å². The minimum Gasteiger partial charge on any atom is -0.494 e. The summed E-state index contributed by atoms with van der Waals surface area (Å²) in [6, 6.07) is 10.4. The van der Waals surface area contributed by atoms with Crippen molar-refractivity contribution in [1.82, 2.24) is 10.6 Å². The van der Waals surface area contributed by atoms with Crippen molar-refractivity contribution in [3.05, 3.63) is 46.7 Å². The molecule has 0 fully saturated rings. The zero-order valence-electron chi connectivity index (χ0n) is 17.0. The van der Waals surface area contributed by atoms with Gasteiger partial charge in [-0.15, -0.1) is 11.3 Å². The first kappa shape index (κ1) is 23.2. The molecule has 0 bridgehead atoms. The van der Waals surface area contributed by atoms with Crippen molar-refractivity contribution in [3.63, 3.8) is 0 Å². The van der Waals surface area contributed by atoms with Crippen LogP contribution in [0.1, 0.15) is 31.2 Å². The number of rotatable bonds is 12. The summed E-state index contributed by atoms with van der Waals surface area (Å²) in [6.45, 7) is 4.05. The number of amides is 2. The molecule has 1 aromatic heterocycles. The van der Waals surface area contributed by atoms with Gasteiger partial charge in [-0.3, -0.25) is 14.4 Å². The van der Waals surface area contributed by atoms with Crippen LogP contribution < -0.4 is 20.1 Å². The molecule has 2 aromatic rings. The first-order valence-electron chi connectivity index (χ1n) is 9.56. The molecule has 162 valence electrons. The Morgan fingerprint density at radius 2 is 1.77 bits per heavy atom. The summed E-state index contributed by atoms with van der Waals surface area (Å²) in [5.74, 6) is 0.191. The Balaban J connectivity index is 1.64. The quantitative estimate of drug-likeness (QED) is 0.393. The summed E-state index contributed by atoms with van der Waals surface area (Å²) in [4.78, 5) is 36.1. The number of hydrogen-bond donors (Lipinski definition) is 2. The highest BCUT2D eigenvalue weighted by Gasteiger charge is 2.19. The van der Waals surface area contributed by atoms with Crippen molar-refractivity contribution >= 4 is 29.1 Å². The van der Waals surface area contributed by atoms with Gasteiger partial charge in [0.15, 0.2) is 6.61 Å². The molecule has 1 aromatic carbocycles. The predicted molar refractivity (Wildman–Crippen MR) is 113 cm³/mol. The maximum Gasteiger partial charge on any atom is 0.308 e. The maximum atomic E-state index is 12.0. The van der Waals surface area contributed by atoms with Gasteiger partial charge >= 0.3 is 5.97 Å². The van der Waals surface area contributed by atoms with Gasteiger partial charge < -0.3 is 24.8 Å². The summed E-state index contributed by atoms with van der Waals surface area (Å²) in [5, 5.41) is 7.19. The summed E-state index contributed by atoms with van der Waals surface area (Å²) in [5.41, 5.74) is 0. The Hall–Kier alpha value is -3.07. The second kappa shape index (κ2) is 12.5. The fourth-order valence-electron chi connectivity index (χ4n) is 2.54. The van der Waals surface area contributed by atoms with Crippen LogP contribution in [0, 0.1) is 0 Å². The van der Waals surface area contributed by atoms with Crippen LogP contribution in [-0.2, 0) is 19.1 Å². The molecule has 2 amide bonds. The molecule has 0 aliphatic rings. The van der Waals surface area contributed by atoms with Crippen LogP contribution in [0.25, 0.3) is 0 Å². The maximum absolute atomic E-state index is 12.0. The lowest BCUT2D eigenvalue weighted by Gasteiger charge is -2.15. The Bertz CT molecular complexity index is 807. The summed E-state index contributed by atoms with van der Waals surface area (Å²) >= 11 is 1.43. The van der Waals surface area contributed by atoms with Crippen LogP contribution in [0.5, 0.6) is 11.5 Å². The standard InChI is InChI=1S/C21H26N2O6S/c1-3-27-16-6-8-17(9-7-16)28-11-10-22-20(25)14-29-21(26)13-18(23-15(2)24)19-5-4-12-30-19/h4-9,12,18H,3,10-11,13-14H2,1-2H3,(H,22,25)(H,23,24). The van der Waals surface area contributed by atoms with E-state index in [4.69, 9.17) is 14.2 Å². The van der Waals surface area contributed by atoms with E-state index in [1.165, 1.54) is 18.3 Å². The average molecular weight is 435 g/mol. The molecule has 9 heteroatoms. The molecule has 30 heavy (non-hydrogen) atoms. The molecule has 0 aliphatic heterocycles. The number of nitrogens with one attached hydrogen (secondary N) is 2. The van der Waals surface area contributed by atoms with Crippen molar-refractivity contribution in [2.45, 2.75) is 26.3 Å². The van der Waals surface area contributed by atoms with Crippen LogP contribution in [-0.4, -0.2) is 44.1 Å². The number of hydrogen-bond acceptors (Lipinski definition) is 7. The van der Waals surface area contributed by atoms with E-state index in [9.17, 15) is 14.4 Å². The highest BCUT2D eigenvalue weighted by atomic mass is 32.1. The molecule has 1 unspecified atom stereocenters. The third-order valence-electron chi connectivity index (χ3n) is 3.83. The van der Waals surface area contributed by atoms with Crippen LogP contribution in [0.4, 0.5) is 0 Å². The lowest BCUT2D eigenvalue weighted by molar-refractivity contribution is -0.149. The van der Waals surface area contributed by atoms with E-state index in [1.54, 1.807) is 24.3 Å². The zero-order chi connectivity index (χ0) is 21.8. The topological polar surface area (TPSA) is 103 Å². The van der Waals surface area contributed by atoms with Crippen molar-refractivity contribution in [2.75, 3.05) is 26.4 Å². The van der Waals surface area contributed by atoms with E-state index in [0.29, 0.717) is 12.4 Å². The SMILES string of the molecule is CCOc1ccc(OCCNC(=O)COC(=O)CC(NC(C)=O)c2cccs2)cc1. The molecule has 0 saturated heterocycles. The van der Waals surface area contributed by atoms with Crippen LogP contribution in [0.15, 0.2) is 41.8 Å². The molecule has 0 saturated carbocycles. The summed E-state index contributed by atoms with van der Waals surface area (Å²) < 4.78 is 15.9. The molecule has 0 radical (unpaired) electrons. The molecule has 2 rings (SSSR count). The molecule has 0 aliphatic carbocycles. The van der Waals surface area contributed by atoms with Crippen molar-refractivity contribution in [2.24, 2.45) is 0 Å². The second-order valence-corrected chi connectivity index (χ2v) is 7.22. The Morgan fingerprint density at radius 1 is 1.07 bits per heavy atom. The summed E-state index contributed by atoms with van der Waals surface area (Å²) in [7, 11) is 0. The third-order valence-corrected chi connectivity index (χ3v) is 4.81. The number of benzene rings is 1. The Morgan fingerprint density at radius 3 is 2.37 bits per heavy atom. The van der Waals surface area contributed by atoms with Crippen molar-refractivity contribution in [3.8, 4) is 11.5 Å². The number of thiophene rings is 1.